The molecule has 0 radical (unpaired) electrons. The van der Waals surface area contributed by atoms with E-state index in [0.29, 0.717) is 5.82 Å². The average molecular weight is 212 g/mol. The standard InChI is InChI=1S/C11H8N4O/c12-7-9-3-1-6-15(11(9)16)8-10-13-4-2-5-14-10/h1-6H,8H2. The fourth-order valence-electron chi connectivity index (χ4n) is 1.31. The Morgan fingerprint density at radius 3 is 2.75 bits per heavy atom. The van der Waals surface area contributed by atoms with Gasteiger partial charge < -0.3 is 4.57 Å². The van der Waals surface area contributed by atoms with Crippen molar-refractivity contribution in [2.24, 2.45) is 0 Å². The maximum atomic E-state index is 11.7. The molecule has 0 aliphatic carbocycles. The predicted molar refractivity (Wildman–Crippen MR) is 56.6 cm³/mol. The second kappa shape index (κ2) is 4.36. The molecule has 0 atom stereocenters. The maximum Gasteiger partial charge on any atom is 0.268 e. The second-order valence-electron chi connectivity index (χ2n) is 3.13. The smallest absolute Gasteiger partial charge is 0.268 e. The molecule has 0 saturated heterocycles. The van der Waals surface area contributed by atoms with E-state index in [9.17, 15) is 4.79 Å². The van der Waals surface area contributed by atoms with E-state index in [2.05, 4.69) is 9.97 Å². The summed E-state index contributed by atoms with van der Waals surface area (Å²) in [7, 11) is 0. The van der Waals surface area contributed by atoms with Crippen LogP contribution in [0.3, 0.4) is 0 Å². The normalized spacial score (nSPS) is 9.69. The molecule has 78 valence electrons. The molecule has 0 fully saturated rings. The number of hydrogen-bond acceptors (Lipinski definition) is 4. The van der Waals surface area contributed by atoms with E-state index in [1.165, 1.54) is 10.6 Å². The summed E-state index contributed by atoms with van der Waals surface area (Å²) < 4.78 is 1.41. The third-order valence-corrected chi connectivity index (χ3v) is 2.07. The van der Waals surface area contributed by atoms with Gasteiger partial charge >= 0.3 is 0 Å². The predicted octanol–water partition coefficient (Wildman–Crippen LogP) is 0.558. The minimum absolute atomic E-state index is 0.124. The Morgan fingerprint density at radius 1 is 1.31 bits per heavy atom. The molecule has 0 unspecified atom stereocenters. The Kier molecular flexibility index (Phi) is 2.74. The highest BCUT2D eigenvalue weighted by molar-refractivity contribution is 5.25. The number of rotatable bonds is 2. The van der Waals surface area contributed by atoms with Crippen LogP contribution in [-0.2, 0) is 6.54 Å². The molecule has 0 spiro atoms. The van der Waals surface area contributed by atoms with Crippen LogP contribution in [0.5, 0.6) is 0 Å². The molecule has 0 amide bonds. The van der Waals surface area contributed by atoms with Crippen molar-refractivity contribution in [3.8, 4) is 6.07 Å². The molecule has 0 saturated carbocycles. The largest absolute Gasteiger partial charge is 0.307 e. The van der Waals surface area contributed by atoms with Gasteiger partial charge in [0.2, 0.25) is 0 Å². The summed E-state index contributed by atoms with van der Waals surface area (Å²) in [6.07, 6.45) is 4.84. The number of hydrogen-bond donors (Lipinski definition) is 0. The zero-order chi connectivity index (χ0) is 11.4. The molecular formula is C11H8N4O. The zero-order valence-electron chi connectivity index (χ0n) is 8.37. The van der Waals surface area contributed by atoms with E-state index in [0.717, 1.165) is 0 Å². The highest BCUT2D eigenvalue weighted by atomic mass is 16.1. The average Bonchev–Trinajstić information content (AvgIpc) is 2.33. The summed E-state index contributed by atoms with van der Waals surface area (Å²) in [5.74, 6) is 0.541. The molecule has 2 rings (SSSR count). The molecule has 2 aromatic rings. The van der Waals surface area contributed by atoms with Gasteiger partial charge in [0.25, 0.3) is 5.56 Å². The Balaban J connectivity index is 2.37. The molecular weight excluding hydrogens is 204 g/mol. The third-order valence-electron chi connectivity index (χ3n) is 2.07. The fraction of sp³-hybridized carbons (Fsp3) is 0.0909. The number of nitriles is 1. The molecule has 0 aliphatic heterocycles. The van der Waals surface area contributed by atoms with Crippen LogP contribution in [0.4, 0.5) is 0 Å². The van der Waals surface area contributed by atoms with Gasteiger partial charge in [0.05, 0.1) is 6.54 Å². The number of aromatic nitrogens is 3. The van der Waals surface area contributed by atoms with Gasteiger partial charge in [-0.1, -0.05) is 0 Å². The first-order valence-electron chi connectivity index (χ1n) is 4.66. The topological polar surface area (TPSA) is 71.6 Å². The van der Waals surface area contributed by atoms with Gasteiger partial charge in [0.1, 0.15) is 17.5 Å². The van der Waals surface area contributed by atoms with Crippen LogP contribution in [0.2, 0.25) is 0 Å². The Labute approximate surface area is 91.6 Å². The second-order valence-corrected chi connectivity index (χ2v) is 3.13. The summed E-state index contributed by atoms with van der Waals surface area (Å²) >= 11 is 0. The van der Waals surface area contributed by atoms with Gasteiger partial charge in [0, 0.05) is 18.6 Å². The minimum Gasteiger partial charge on any atom is -0.307 e. The minimum atomic E-state index is -0.322. The van der Waals surface area contributed by atoms with E-state index in [4.69, 9.17) is 5.26 Å². The third kappa shape index (κ3) is 1.96. The van der Waals surface area contributed by atoms with Gasteiger partial charge in [-0.05, 0) is 18.2 Å². The van der Waals surface area contributed by atoms with Gasteiger partial charge in [-0.3, -0.25) is 4.79 Å². The van der Waals surface area contributed by atoms with Crippen LogP contribution < -0.4 is 5.56 Å². The van der Waals surface area contributed by atoms with Crippen molar-refractivity contribution in [3.63, 3.8) is 0 Å². The lowest BCUT2D eigenvalue weighted by molar-refractivity contribution is 0.712. The Bertz CT molecular complexity index is 583. The molecule has 0 aromatic carbocycles. The van der Waals surface area contributed by atoms with E-state index in [-0.39, 0.29) is 17.7 Å². The molecule has 0 N–H and O–H groups in total. The van der Waals surface area contributed by atoms with Crippen molar-refractivity contribution in [1.29, 1.82) is 5.26 Å². The lowest BCUT2D eigenvalue weighted by atomic mass is 10.3. The van der Waals surface area contributed by atoms with Crippen LogP contribution in [0.25, 0.3) is 0 Å². The number of nitrogens with zero attached hydrogens (tertiary/aromatic N) is 4. The van der Waals surface area contributed by atoms with Crippen LogP contribution in [-0.4, -0.2) is 14.5 Å². The van der Waals surface area contributed by atoms with Gasteiger partial charge in [-0.15, -0.1) is 0 Å². The molecule has 5 heteroatoms. The fourth-order valence-corrected chi connectivity index (χ4v) is 1.31. The lowest BCUT2D eigenvalue weighted by Crippen LogP contribution is -2.22. The molecule has 2 aromatic heterocycles. The molecule has 0 bridgehead atoms. The van der Waals surface area contributed by atoms with Crippen LogP contribution in [0.1, 0.15) is 11.4 Å². The summed E-state index contributed by atoms with van der Waals surface area (Å²) in [6.45, 7) is 0.273. The van der Waals surface area contributed by atoms with E-state index >= 15 is 0 Å². The number of pyridine rings is 1. The highest BCUT2D eigenvalue weighted by Gasteiger charge is 2.03. The monoisotopic (exact) mass is 212 g/mol. The van der Waals surface area contributed by atoms with Crippen molar-refractivity contribution in [1.82, 2.24) is 14.5 Å². The SMILES string of the molecule is N#Cc1cccn(Cc2ncccn2)c1=O. The van der Waals surface area contributed by atoms with E-state index < -0.39 is 0 Å². The van der Waals surface area contributed by atoms with E-state index in [1.807, 2.05) is 6.07 Å². The summed E-state index contributed by atoms with van der Waals surface area (Å²) in [5.41, 5.74) is -0.198. The van der Waals surface area contributed by atoms with Crippen molar-refractivity contribution < 1.29 is 0 Å². The van der Waals surface area contributed by atoms with Gasteiger partial charge in [-0.2, -0.15) is 5.26 Å². The molecule has 5 nitrogen and oxygen atoms in total. The summed E-state index contributed by atoms with van der Waals surface area (Å²) in [4.78, 5) is 19.7. The lowest BCUT2D eigenvalue weighted by Gasteiger charge is -2.03. The zero-order valence-corrected chi connectivity index (χ0v) is 8.37. The quantitative estimate of drug-likeness (QED) is 0.729. The Morgan fingerprint density at radius 2 is 2.06 bits per heavy atom. The first kappa shape index (κ1) is 10.1. The van der Waals surface area contributed by atoms with Gasteiger partial charge in [-0.25, -0.2) is 9.97 Å². The van der Waals surface area contributed by atoms with E-state index in [1.54, 1.807) is 30.7 Å². The highest BCUT2D eigenvalue weighted by Crippen LogP contribution is 1.94. The van der Waals surface area contributed by atoms with Crippen molar-refractivity contribution in [2.45, 2.75) is 6.54 Å². The van der Waals surface area contributed by atoms with Crippen molar-refractivity contribution in [2.75, 3.05) is 0 Å². The molecule has 2 heterocycles. The van der Waals surface area contributed by atoms with Crippen LogP contribution in [0.15, 0.2) is 41.6 Å². The van der Waals surface area contributed by atoms with Crippen LogP contribution in [0, 0.1) is 11.3 Å². The first-order valence-corrected chi connectivity index (χ1v) is 4.66. The summed E-state index contributed by atoms with van der Waals surface area (Å²) in [5, 5.41) is 8.71. The van der Waals surface area contributed by atoms with Crippen molar-refractivity contribution >= 4 is 0 Å². The Hall–Kier alpha value is -2.48. The maximum absolute atomic E-state index is 11.7. The van der Waals surface area contributed by atoms with Crippen LogP contribution >= 0.6 is 0 Å². The van der Waals surface area contributed by atoms with Crippen molar-refractivity contribution in [3.05, 3.63) is 58.5 Å². The molecule has 0 aliphatic rings. The van der Waals surface area contributed by atoms with Gasteiger partial charge in [0.15, 0.2) is 0 Å². The molecule has 16 heavy (non-hydrogen) atoms. The first-order chi connectivity index (χ1) is 7.81. The summed E-state index contributed by atoms with van der Waals surface area (Å²) in [6, 6.07) is 6.70.